The molecule has 3 nitrogen and oxygen atoms in total. The topological polar surface area (TPSA) is 55.1 Å². The first-order valence-electron chi connectivity index (χ1n) is 5.92. The van der Waals surface area contributed by atoms with E-state index in [9.17, 15) is 9.18 Å². The molecule has 0 fully saturated rings. The van der Waals surface area contributed by atoms with E-state index in [1.807, 2.05) is 6.92 Å². The smallest absolute Gasteiger partial charge is 0.227 e. The third kappa shape index (κ3) is 4.15. The highest BCUT2D eigenvalue weighted by molar-refractivity contribution is 5.83. The van der Waals surface area contributed by atoms with Crippen molar-refractivity contribution in [2.45, 2.75) is 25.7 Å². The van der Waals surface area contributed by atoms with Gasteiger partial charge >= 0.3 is 0 Å². The summed E-state index contributed by atoms with van der Waals surface area (Å²) in [5, 5.41) is 2.82. The number of benzene rings is 1. The molecule has 0 bridgehead atoms. The molecule has 0 aliphatic carbocycles. The summed E-state index contributed by atoms with van der Waals surface area (Å²) in [4.78, 5) is 11.9. The van der Waals surface area contributed by atoms with E-state index in [4.69, 9.17) is 5.73 Å². The van der Waals surface area contributed by atoms with Gasteiger partial charge < -0.3 is 11.1 Å². The fourth-order valence-electron chi connectivity index (χ4n) is 1.71. The summed E-state index contributed by atoms with van der Waals surface area (Å²) in [5.74, 6) is -0.766. The molecule has 17 heavy (non-hydrogen) atoms. The van der Waals surface area contributed by atoms with Crippen LogP contribution in [0.1, 0.15) is 31.2 Å². The van der Waals surface area contributed by atoms with Gasteiger partial charge in [-0.05, 0) is 37.1 Å². The minimum absolute atomic E-state index is 0.0806. The number of carbonyl (C=O) groups excluding carboxylic acids is 1. The Bertz CT molecular complexity index is 368. The normalized spacial score (nSPS) is 12.2. The number of amides is 1. The molecule has 1 aromatic carbocycles. The minimum atomic E-state index is -0.359. The van der Waals surface area contributed by atoms with Crippen LogP contribution in [0.25, 0.3) is 0 Å². The monoisotopic (exact) mass is 238 g/mol. The quantitative estimate of drug-likeness (QED) is 0.793. The number of halogens is 1. The van der Waals surface area contributed by atoms with E-state index >= 15 is 0 Å². The van der Waals surface area contributed by atoms with Crippen molar-refractivity contribution in [3.05, 3.63) is 35.6 Å². The summed E-state index contributed by atoms with van der Waals surface area (Å²) in [5.41, 5.74) is 6.18. The van der Waals surface area contributed by atoms with E-state index in [0.717, 1.165) is 6.42 Å². The van der Waals surface area contributed by atoms with E-state index in [2.05, 4.69) is 5.32 Å². The zero-order valence-electron chi connectivity index (χ0n) is 10.1. The van der Waals surface area contributed by atoms with Crippen LogP contribution in [0, 0.1) is 5.82 Å². The zero-order valence-corrected chi connectivity index (χ0v) is 10.1. The molecule has 0 aromatic heterocycles. The highest BCUT2D eigenvalue weighted by Crippen LogP contribution is 2.20. The molecule has 1 atom stereocenters. The second kappa shape index (κ2) is 7.01. The second-order valence-corrected chi connectivity index (χ2v) is 3.98. The van der Waals surface area contributed by atoms with Crippen molar-refractivity contribution in [3.8, 4) is 0 Å². The van der Waals surface area contributed by atoms with Gasteiger partial charge in [0.2, 0.25) is 5.91 Å². The van der Waals surface area contributed by atoms with E-state index in [1.54, 1.807) is 12.1 Å². The van der Waals surface area contributed by atoms with Gasteiger partial charge in [0.1, 0.15) is 5.82 Å². The first-order chi connectivity index (χ1) is 8.19. The van der Waals surface area contributed by atoms with Gasteiger partial charge in [-0.1, -0.05) is 19.1 Å². The lowest BCUT2D eigenvalue weighted by Crippen LogP contribution is -2.31. The zero-order chi connectivity index (χ0) is 12.7. The summed E-state index contributed by atoms with van der Waals surface area (Å²) >= 11 is 0. The van der Waals surface area contributed by atoms with Crippen LogP contribution in [0.15, 0.2) is 24.3 Å². The standard InChI is InChI=1S/C13H19FN2O/c1-2-8-16-13(17)12(6-7-15)10-4-3-5-11(14)9-10/h3-5,9,12H,2,6-8,15H2,1H3,(H,16,17). The van der Waals surface area contributed by atoms with Gasteiger partial charge in [0.15, 0.2) is 0 Å². The molecule has 0 radical (unpaired) electrons. The Balaban J connectivity index is 2.81. The molecule has 1 aromatic rings. The van der Waals surface area contributed by atoms with Crippen molar-refractivity contribution in [3.63, 3.8) is 0 Å². The number of carbonyl (C=O) groups is 1. The van der Waals surface area contributed by atoms with Gasteiger partial charge in [0.05, 0.1) is 5.92 Å². The lowest BCUT2D eigenvalue weighted by Gasteiger charge is -2.16. The van der Waals surface area contributed by atoms with E-state index < -0.39 is 0 Å². The van der Waals surface area contributed by atoms with Crippen molar-refractivity contribution >= 4 is 5.91 Å². The minimum Gasteiger partial charge on any atom is -0.356 e. The predicted molar refractivity (Wildman–Crippen MR) is 66.1 cm³/mol. The van der Waals surface area contributed by atoms with Crippen LogP contribution >= 0.6 is 0 Å². The van der Waals surface area contributed by atoms with Gasteiger partial charge in [0, 0.05) is 6.54 Å². The van der Waals surface area contributed by atoms with Gasteiger partial charge in [0.25, 0.3) is 0 Å². The highest BCUT2D eigenvalue weighted by atomic mass is 19.1. The highest BCUT2D eigenvalue weighted by Gasteiger charge is 2.19. The van der Waals surface area contributed by atoms with Crippen molar-refractivity contribution < 1.29 is 9.18 Å². The van der Waals surface area contributed by atoms with Crippen LogP contribution in [0.4, 0.5) is 4.39 Å². The fourth-order valence-corrected chi connectivity index (χ4v) is 1.71. The first-order valence-corrected chi connectivity index (χ1v) is 5.92. The summed E-state index contributed by atoms with van der Waals surface area (Å²) in [6.45, 7) is 3.02. The lowest BCUT2D eigenvalue weighted by molar-refractivity contribution is -0.122. The second-order valence-electron chi connectivity index (χ2n) is 3.98. The Hall–Kier alpha value is -1.42. The number of nitrogens with two attached hydrogens (primary N) is 1. The molecule has 0 heterocycles. The Morgan fingerprint density at radius 3 is 2.88 bits per heavy atom. The van der Waals surface area contributed by atoms with Crippen LogP contribution in [-0.2, 0) is 4.79 Å². The Labute approximate surface area is 101 Å². The number of nitrogens with one attached hydrogen (secondary N) is 1. The number of hydrogen-bond donors (Lipinski definition) is 2. The maximum Gasteiger partial charge on any atom is 0.227 e. The molecular weight excluding hydrogens is 219 g/mol. The third-order valence-electron chi connectivity index (χ3n) is 2.57. The SMILES string of the molecule is CCCNC(=O)C(CCN)c1cccc(F)c1. The maximum absolute atomic E-state index is 13.1. The molecule has 0 saturated heterocycles. The van der Waals surface area contributed by atoms with Gasteiger partial charge in [-0.3, -0.25) is 4.79 Å². The predicted octanol–water partition coefficient (Wildman–Crippen LogP) is 1.78. The van der Waals surface area contributed by atoms with Crippen molar-refractivity contribution in [2.75, 3.05) is 13.1 Å². The molecule has 1 amide bonds. The van der Waals surface area contributed by atoms with Gasteiger partial charge in [-0.2, -0.15) is 0 Å². The van der Waals surface area contributed by atoms with Crippen LogP contribution < -0.4 is 11.1 Å². The van der Waals surface area contributed by atoms with E-state index in [-0.39, 0.29) is 17.6 Å². The van der Waals surface area contributed by atoms with Gasteiger partial charge in [-0.25, -0.2) is 4.39 Å². The van der Waals surface area contributed by atoms with Crippen molar-refractivity contribution in [1.29, 1.82) is 0 Å². The molecule has 1 rings (SSSR count). The number of rotatable bonds is 6. The molecule has 1 unspecified atom stereocenters. The van der Waals surface area contributed by atoms with Crippen LogP contribution in [-0.4, -0.2) is 19.0 Å². The van der Waals surface area contributed by atoms with Gasteiger partial charge in [-0.15, -0.1) is 0 Å². The van der Waals surface area contributed by atoms with Crippen LogP contribution in [0.2, 0.25) is 0 Å². The molecule has 0 aliphatic heterocycles. The van der Waals surface area contributed by atoms with Crippen LogP contribution in [0.5, 0.6) is 0 Å². The molecule has 0 aliphatic rings. The van der Waals surface area contributed by atoms with Crippen molar-refractivity contribution in [2.24, 2.45) is 5.73 Å². The molecular formula is C13H19FN2O. The summed E-state index contributed by atoms with van der Waals surface area (Å²) in [6.07, 6.45) is 1.41. The summed E-state index contributed by atoms with van der Waals surface area (Å²) in [6, 6.07) is 6.13. The Morgan fingerprint density at radius 1 is 1.53 bits per heavy atom. The summed E-state index contributed by atoms with van der Waals surface area (Å²) in [7, 11) is 0. The fraction of sp³-hybridized carbons (Fsp3) is 0.462. The molecule has 94 valence electrons. The van der Waals surface area contributed by atoms with Crippen LogP contribution in [0.3, 0.4) is 0 Å². The average Bonchev–Trinajstić information content (AvgIpc) is 2.33. The third-order valence-corrected chi connectivity index (χ3v) is 2.57. The Kier molecular flexibility index (Phi) is 5.63. The van der Waals surface area contributed by atoms with Crippen molar-refractivity contribution in [1.82, 2.24) is 5.32 Å². The lowest BCUT2D eigenvalue weighted by atomic mass is 9.94. The molecule has 4 heteroatoms. The first kappa shape index (κ1) is 13.6. The maximum atomic E-state index is 13.1. The van der Waals surface area contributed by atoms with E-state index in [0.29, 0.717) is 25.1 Å². The average molecular weight is 238 g/mol. The largest absolute Gasteiger partial charge is 0.356 e. The molecule has 0 spiro atoms. The summed E-state index contributed by atoms with van der Waals surface area (Å²) < 4.78 is 13.1. The number of hydrogen-bond acceptors (Lipinski definition) is 2. The Morgan fingerprint density at radius 2 is 2.29 bits per heavy atom. The molecule has 0 saturated carbocycles. The van der Waals surface area contributed by atoms with E-state index in [1.165, 1.54) is 12.1 Å². The molecule has 3 N–H and O–H groups in total.